The first-order valence-corrected chi connectivity index (χ1v) is 9.78. The molecule has 3 heterocycles. The number of nitrogens with one attached hydrogen (secondary N) is 1. The second-order valence-corrected chi connectivity index (χ2v) is 8.49. The molecule has 0 spiro atoms. The number of hydrogen-bond donors (Lipinski definition) is 1. The average molecular weight is 408 g/mol. The van der Waals surface area contributed by atoms with Crippen molar-refractivity contribution < 1.29 is 9.64 Å². The Morgan fingerprint density at radius 3 is 2.83 bits per heavy atom. The molecule has 4 rings (SSSR count). The van der Waals surface area contributed by atoms with Crippen LogP contribution < -0.4 is 4.90 Å². The van der Waals surface area contributed by atoms with Crippen LogP contribution in [0.25, 0.3) is 16.3 Å². The topological polar surface area (TPSA) is 43.9 Å². The van der Waals surface area contributed by atoms with Gasteiger partial charge in [0.25, 0.3) is 0 Å². The molecule has 2 aromatic heterocycles. The van der Waals surface area contributed by atoms with Gasteiger partial charge in [-0.05, 0) is 26.0 Å². The van der Waals surface area contributed by atoms with Crippen LogP contribution in [0.1, 0.15) is 18.7 Å². The van der Waals surface area contributed by atoms with Gasteiger partial charge in [-0.1, -0.05) is 39.4 Å². The Labute approximate surface area is 153 Å². The molecule has 7 heteroatoms. The quantitative estimate of drug-likeness (QED) is 0.724. The molecule has 0 bridgehead atoms. The van der Waals surface area contributed by atoms with Crippen molar-refractivity contribution in [2.75, 3.05) is 13.1 Å². The summed E-state index contributed by atoms with van der Waals surface area (Å²) in [6.45, 7) is 7.45. The van der Waals surface area contributed by atoms with E-state index in [1.54, 1.807) is 16.2 Å². The summed E-state index contributed by atoms with van der Waals surface area (Å²) in [6, 6.07) is 8.18. The van der Waals surface area contributed by atoms with E-state index in [9.17, 15) is 0 Å². The summed E-state index contributed by atoms with van der Waals surface area (Å²) in [5, 5.41) is 8.71. The van der Waals surface area contributed by atoms with Crippen molar-refractivity contribution in [3.63, 3.8) is 0 Å². The number of aromatic nitrogens is 3. The molecule has 0 radical (unpaired) electrons. The van der Waals surface area contributed by atoms with E-state index in [0.717, 1.165) is 40.5 Å². The van der Waals surface area contributed by atoms with Crippen LogP contribution >= 0.6 is 27.3 Å². The van der Waals surface area contributed by atoms with Crippen molar-refractivity contribution in [3.05, 3.63) is 39.8 Å². The highest BCUT2D eigenvalue weighted by Gasteiger charge is 2.26. The molecule has 1 saturated heterocycles. The standard InChI is InChI=1S/C17H19BrN4OS/c1-11-7-21(8-12(2)23-11)9-15-10-22-16(19-20-17(22)24-15)13-4-3-5-14(18)6-13/h3-6,10-12H,7-9H2,1-2H3/p+1/t11-,12-/m0/s1. The van der Waals surface area contributed by atoms with Crippen molar-refractivity contribution >= 4 is 32.2 Å². The molecule has 0 aliphatic carbocycles. The van der Waals surface area contributed by atoms with Crippen LogP contribution in [-0.2, 0) is 11.3 Å². The second-order valence-electron chi connectivity index (χ2n) is 6.48. The van der Waals surface area contributed by atoms with Crippen LogP contribution in [0, 0.1) is 0 Å². The third-order valence-corrected chi connectivity index (χ3v) is 5.75. The minimum absolute atomic E-state index is 0.326. The number of halogens is 1. The lowest BCUT2D eigenvalue weighted by molar-refractivity contribution is -0.928. The maximum atomic E-state index is 5.84. The average Bonchev–Trinajstić information content (AvgIpc) is 3.05. The van der Waals surface area contributed by atoms with E-state index in [-0.39, 0.29) is 0 Å². The summed E-state index contributed by atoms with van der Waals surface area (Å²) in [5.41, 5.74) is 1.07. The van der Waals surface area contributed by atoms with Gasteiger partial charge in [0, 0.05) is 16.2 Å². The van der Waals surface area contributed by atoms with Crippen LogP contribution in [-0.4, -0.2) is 39.9 Å². The number of hydrogen-bond acceptors (Lipinski definition) is 4. The molecule has 24 heavy (non-hydrogen) atoms. The van der Waals surface area contributed by atoms with Crippen molar-refractivity contribution in [2.24, 2.45) is 0 Å². The van der Waals surface area contributed by atoms with Crippen molar-refractivity contribution in [3.8, 4) is 11.4 Å². The highest BCUT2D eigenvalue weighted by molar-refractivity contribution is 9.10. The van der Waals surface area contributed by atoms with Gasteiger partial charge < -0.3 is 9.64 Å². The van der Waals surface area contributed by atoms with Crippen molar-refractivity contribution in [2.45, 2.75) is 32.6 Å². The monoisotopic (exact) mass is 407 g/mol. The fourth-order valence-corrected chi connectivity index (χ4v) is 4.82. The van der Waals surface area contributed by atoms with Gasteiger partial charge in [-0.25, -0.2) is 0 Å². The van der Waals surface area contributed by atoms with E-state index in [2.05, 4.69) is 62.7 Å². The summed E-state index contributed by atoms with van der Waals surface area (Å²) in [4.78, 5) is 3.86. The molecule has 1 aliphatic heterocycles. The summed E-state index contributed by atoms with van der Waals surface area (Å²) in [5.74, 6) is 0.896. The van der Waals surface area contributed by atoms with Crippen LogP contribution in [0.2, 0.25) is 0 Å². The SMILES string of the molecule is C[C@H]1C[NH+](Cc2cn3c(-c4cccc(Br)c4)nnc3s2)C[C@H](C)O1. The minimum Gasteiger partial charge on any atom is -0.364 e. The first-order chi connectivity index (χ1) is 11.6. The van der Waals surface area contributed by atoms with Crippen molar-refractivity contribution in [1.82, 2.24) is 14.6 Å². The summed E-state index contributed by atoms with van der Waals surface area (Å²) < 4.78 is 8.99. The van der Waals surface area contributed by atoms with Gasteiger partial charge in [-0.2, -0.15) is 0 Å². The Kier molecular flexibility index (Phi) is 4.42. The Hall–Kier alpha value is -1.28. The number of morpholine rings is 1. The fourth-order valence-electron chi connectivity index (χ4n) is 3.44. The molecule has 1 aliphatic rings. The lowest BCUT2D eigenvalue weighted by atomic mass is 10.2. The van der Waals surface area contributed by atoms with E-state index in [1.807, 2.05) is 12.1 Å². The predicted molar refractivity (Wildman–Crippen MR) is 98.4 cm³/mol. The number of ether oxygens (including phenoxy) is 1. The Bertz CT molecular complexity index is 851. The normalized spacial score (nSPS) is 24.5. The first-order valence-electron chi connectivity index (χ1n) is 8.17. The maximum absolute atomic E-state index is 5.84. The van der Waals surface area contributed by atoms with Gasteiger partial charge in [0.2, 0.25) is 4.96 Å². The van der Waals surface area contributed by atoms with Gasteiger partial charge in [-0.3, -0.25) is 4.40 Å². The Morgan fingerprint density at radius 2 is 2.08 bits per heavy atom. The Morgan fingerprint density at radius 1 is 1.29 bits per heavy atom. The molecule has 0 saturated carbocycles. The molecular formula is C17H20BrN4OS+. The molecule has 0 unspecified atom stereocenters. The van der Waals surface area contributed by atoms with Gasteiger partial charge in [0.05, 0.1) is 4.88 Å². The molecular weight excluding hydrogens is 388 g/mol. The van der Waals surface area contributed by atoms with Gasteiger partial charge >= 0.3 is 0 Å². The molecule has 0 amide bonds. The number of nitrogens with zero attached hydrogens (tertiary/aromatic N) is 3. The summed E-state index contributed by atoms with van der Waals surface area (Å²) in [6.07, 6.45) is 2.84. The van der Waals surface area contributed by atoms with E-state index in [1.165, 1.54) is 4.88 Å². The van der Waals surface area contributed by atoms with Gasteiger partial charge in [0.1, 0.15) is 31.8 Å². The van der Waals surface area contributed by atoms with Gasteiger partial charge in [0.15, 0.2) is 5.82 Å². The Balaban J connectivity index is 1.60. The highest BCUT2D eigenvalue weighted by atomic mass is 79.9. The fraction of sp³-hybridized carbons (Fsp3) is 0.412. The van der Waals surface area contributed by atoms with E-state index in [0.29, 0.717) is 12.2 Å². The zero-order valence-electron chi connectivity index (χ0n) is 13.7. The molecule has 5 nitrogen and oxygen atoms in total. The van der Waals surface area contributed by atoms with E-state index < -0.39 is 0 Å². The second kappa shape index (κ2) is 6.55. The lowest BCUT2D eigenvalue weighted by Gasteiger charge is -2.32. The van der Waals surface area contributed by atoms with Crippen LogP contribution in [0.15, 0.2) is 34.9 Å². The van der Waals surface area contributed by atoms with Crippen LogP contribution in [0.3, 0.4) is 0 Å². The highest BCUT2D eigenvalue weighted by Crippen LogP contribution is 2.25. The lowest BCUT2D eigenvalue weighted by Crippen LogP contribution is -3.14. The van der Waals surface area contributed by atoms with Crippen LogP contribution in [0.5, 0.6) is 0 Å². The van der Waals surface area contributed by atoms with Crippen molar-refractivity contribution in [1.29, 1.82) is 0 Å². The largest absolute Gasteiger partial charge is 0.364 e. The first kappa shape index (κ1) is 16.2. The van der Waals surface area contributed by atoms with Crippen LogP contribution in [0.4, 0.5) is 0 Å². The number of quaternary nitrogens is 1. The molecule has 2 atom stereocenters. The zero-order chi connectivity index (χ0) is 16.7. The molecule has 1 aromatic carbocycles. The number of rotatable bonds is 3. The van der Waals surface area contributed by atoms with E-state index >= 15 is 0 Å². The third kappa shape index (κ3) is 3.26. The molecule has 1 N–H and O–H groups in total. The number of benzene rings is 1. The third-order valence-electron chi connectivity index (χ3n) is 4.28. The predicted octanol–water partition coefficient (Wildman–Crippen LogP) is 2.41. The summed E-state index contributed by atoms with van der Waals surface area (Å²) >= 11 is 5.25. The zero-order valence-corrected chi connectivity index (χ0v) is 16.1. The molecule has 3 aromatic rings. The smallest absolute Gasteiger partial charge is 0.216 e. The summed E-state index contributed by atoms with van der Waals surface area (Å²) in [7, 11) is 0. The number of fused-ring (bicyclic) bond motifs is 1. The minimum atomic E-state index is 0.326. The maximum Gasteiger partial charge on any atom is 0.216 e. The van der Waals surface area contributed by atoms with Gasteiger partial charge in [-0.15, -0.1) is 10.2 Å². The molecule has 1 fully saturated rings. The number of thiazole rings is 1. The van der Waals surface area contributed by atoms with E-state index in [4.69, 9.17) is 4.74 Å². The molecule has 126 valence electrons.